The molecule has 1 aliphatic rings. The van der Waals surface area contributed by atoms with Crippen LogP contribution >= 0.6 is 0 Å². The van der Waals surface area contributed by atoms with Gasteiger partial charge in [-0.15, -0.1) is 0 Å². The second-order valence-electron chi connectivity index (χ2n) is 5.00. The van der Waals surface area contributed by atoms with Crippen molar-refractivity contribution in [1.29, 1.82) is 0 Å². The van der Waals surface area contributed by atoms with E-state index in [4.69, 9.17) is 14.2 Å². The molecule has 0 bridgehead atoms. The molecule has 0 aromatic heterocycles. The fourth-order valence-electron chi connectivity index (χ4n) is 2.52. The van der Waals surface area contributed by atoms with Crippen LogP contribution in [0.25, 0.3) is 0 Å². The fraction of sp³-hybridized carbons (Fsp3) is 0.625. The van der Waals surface area contributed by atoms with Crippen molar-refractivity contribution in [2.75, 3.05) is 13.7 Å². The van der Waals surface area contributed by atoms with Gasteiger partial charge in [-0.1, -0.05) is 50.1 Å². The third kappa shape index (κ3) is 3.56. The van der Waals surface area contributed by atoms with Crippen LogP contribution in [0.1, 0.15) is 44.6 Å². The Kier molecular flexibility index (Phi) is 5.37. The lowest BCUT2D eigenvalue weighted by Gasteiger charge is -2.41. The van der Waals surface area contributed by atoms with Crippen molar-refractivity contribution >= 4 is 0 Å². The van der Waals surface area contributed by atoms with Crippen LogP contribution in [0.3, 0.4) is 0 Å². The summed E-state index contributed by atoms with van der Waals surface area (Å²) in [6.07, 6.45) is 4.98. The summed E-state index contributed by atoms with van der Waals surface area (Å²) in [5.74, 6) is -0.630. The van der Waals surface area contributed by atoms with E-state index in [0.717, 1.165) is 24.8 Å². The van der Waals surface area contributed by atoms with Crippen molar-refractivity contribution in [3.05, 3.63) is 35.9 Å². The molecule has 3 nitrogen and oxygen atoms in total. The van der Waals surface area contributed by atoms with Gasteiger partial charge in [0.15, 0.2) is 12.1 Å². The molecule has 0 saturated carbocycles. The maximum absolute atomic E-state index is 6.11. The first-order chi connectivity index (χ1) is 9.30. The molecular formula is C16H24O3. The topological polar surface area (TPSA) is 27.7 Å². The predicted octanol–water partition coefficient (Wildman–Crippen LogP) is 3.83. The summed E-state index contributed by atoms with van der Waals surface area (Å²) in [5, 5.41) is 0. The van der Waals surface area contributed by atoms with Crippen LogP contribution in [0, 0.1) is 0 Å². The molecule has 1 saturated heterocycles. The van der Waals surface area contributed by atoms with Gasteiger partial charge in [-0.25, -0.2) is 0 Å². The normalized spacial score (nSPS) is 27.4. The Labute approximate surface area is 115 Å². The van der Waals surface area contributed by atoms with Crippen molar-refractivity contribution in [2.24, 2.45) is 0 Å². The number of ether oxygens (including phenoxy) is 3. The van der Waals surface area contributed by atoms with Gasteiger partial charge in [-0.2, -0.15) is 0 Å². The molecule has 0 radical (unpaired) electrons. The molecule has 1 aromatic carbocycles. The molecule has 19 heavy (non-hydrogen) atoms. The molecule has 1 heterocycles. The minimum Gasteiger partial charge on any atom is -0.356 e. The predicted molar refractivity (Wildman–Crippen MR) is 74.7 cm³/mol. The summed E-state index contributed by atoms with van der Waals surface area (Å²) in [6, 6.07) is 10.2. The zero-order chi connectivity index (χ0) is 13.6. The number of benzene rings is 1. The molecule has 1 fully saturated rings. The monoisotopic (exact) mass is 264 g/mol. The highest BCUT2D eigenvalue weighted by Crippen LogP contribution is 2.38. The standard InChI is InChI=1S/C16H24O3/c1-3-4-8-12-16(14-9-6-5-7-10-14)18-13-11-15(17-2)19-16/h5-7,9-10,15H,3-4,8,11-13H2,1-2H3. The van der Waals surface area contributed by atoms with Gasteiger partial charge in [-0.3, -0.25) is 0 Å². The average Bonchev–Trinajstić information content (AvgIpc) is 2.49. The van der Waals surface area contributed by atoms with Crippen molar-refractivity contribution < 1.29 is 14.2 Å². The van der Waals surface area contributed by atoms with E-state index in [0.29, 0.717) is 6.61 Å². The molecule has 1 aliphatic heterocycles. The maximum atomic E-state index is 6.11. The van der Waals surface area contributed by atoms with Gasteiger partial charge in [0, 0.05) is 25.5 Å². The Morgan fingerprint density at radius 3 is 2.74 bits per heavy atom. The molecule has 106 valence electrons. The second kappa shape index (κ2) is 7.04. The van der Waals surface area contributed by atoms with Crippen molar-refractivity contribution in [2.45, 2.75) is 51.1 Å². The summed E-state index contributed by atoms with van der Waals surface area (Å²) in [6.45, 7) is 2.88. The van der Waals surface area contributed by atoms with Crippen LogP contribution in [0.5, 0.6) is 0 Å². The molecule has 3 heteroatoms. The highest BCUT2D eigenvalue weighted by atomic mass is 16.8. The Balaban J connectivity index is 2.17. The Morgan fingerprint density at radius 2 is 2.05 bits per heavy atom. The summed E-state index contributed by atoms with van der Waals surface area (Å²) >= 11 is 0. The van der Waals surface area contributed by atoms with Gasteiger partial charge in [0.05, 0.1) is 6.61 Å². The van der Waals surface area contributed by atoms with Gasteiger partial charge >= 0.3 is 0 Å². The molecule has 0 N–H and O–H groups in total. The molecule has 2 rings (SSSR count). The molecular weight excluding hydrogens is 240 g/mol. The number of methoxy groups -OCH3 is 1. The summed E-state index contributed by atoms with van der Waals surface area (Å²) < 4.78 is 17.5. The lowest BCUT2D eigenvalue weighted by molar-refractivity contribution is -0.352. The van der Waals surface area contributed by atoms with E-state index >= 15 is 0 Å². The zero-order valence-corrected chi connectivity index (χ0v) is 11.9. The molecule has 0 aliphatic carbocycles. The fourth-order valence-corrected chi connectivity index (χ4v) is 2.52. The molecule has 0 spiro atoms. The average molecular weight is 264 g/mol. The van der Waals surface area contributed by atoms with E-state index in [9.17, 15) is 0 Å². The first-order valence-corrected chi connectivity index (χ1v) is 7.21. The largest absolute Gasteiger partial charge is 0.356 e. The molecule has 2 atom stereocenters. The third-order valence-electron chi connectivity index (χ3n) is 3.60. The third-order valence-corrected chi connectivity index (χ3v) is 3.60. The zero-order valence-electron chi connectivity index (χ0n) is 11.9. The molecule has 0 amide bonds. The number of hydrogen-bond acceptors (Lipinski definition) is 3. The Morgan fingerprint density at radius 1 is 1.26 bits per heavy atom. The first-order valence-electron chi connectivity index (χ1n) is 7.21. The minimum atomic E-state index is -0.630. The van der Waals surface area contributed by atoms with Crippen molar-refractivity contribution in [3.63, 3.8) is 0 Å². The molecule has 2 unspecified atom stereocenters. The lowest BCUT2D eigenvalue weighted by Crippen LogP contribution is -2.43. The van der Waals surface area contributed by atoms with Crippen molar-refractivity contribution in [3.8, 4) is 0 Å². The number of hydrogen-bond donors (Lipinski definition) is 0. The van der Waals surface area contributed by atoms with Gasteiger partial charge in [-0.05, 0) is 6.42 Å². The van der Waals surface area contributed by atoms with E-state index in [-0.39, 0.29) is 6.29 Å². The van der Waals surface area contributed by atoms with Gasteiger partial charge < -0.3 is 14.2 Å². The highest BCUT2D eigenvalue weighted by molar-refractivity contribution is 5.20. The smallest absolute Gasteiger partial charge is 0.197 e. The SMILES string of the molecule is CCCCCC1(c2ccccc2)OCCC(OC)O1. The van der Waals surface area contributed by atoms with Crippen LogP contribution in [0.4, 0.5) is 0 Å². The summed E-state index contributed by atoms with van der Waals surface area (Å²) in [4.78, 5) is 0. The minimum absolute atomic E-state index is 0.171. The second-order valence-corrected chi connectivity index (χ2v) is 5.00. The van der Waals surface area contributed by atoms with E-state index in [2.05, 4.69) is 19.1 Å². The van der Waals surface area contributed by atoms with Gasteiger partial charge in [0.2, 0.25) is 0 Å². The number of unbranched alkanes of at least 4 members (excludes halogenated alkanes) is 2. The Hall–Kier alpha value is -0.900. The first kappa shape index (κ1) is 14.5. The van der Waals surface area contributed by atoms with Gasteiger partial charge in [0.1, 0.15) is 0 Å². The van der Waals surface area contributed by atoms with Crippen LogP contribution in [0.2, 0.25) is 0 Å². The quantitative estimate of drug-likeness (QED) is 0.731. The van der Waals surface area contributed by atoms with Crippen LogP contribution in [-0.4, -0.2) is 20.0 Å². The van der Waals surface area contributed by atoms with Crippen molar-refractivity contribution in [1.82, 2.24) is 0 Å². The van der Waals surface area contributed by atoms with Crippen LogP contribution in [0.15, 0.2) is 30.3 Å². The van der Waals surface area contributed by atoms with Crippen LogP contribution < -0.4 is 0 Å². The summed E-state index contributed by atoms with van der Waals surface area (Å²) in [5.41, 5.74) is 1.09. The van der Waals surface area contributed by atoms with E-state index in [1.807, 2.05) is 18.2 Å². The van der Waals surface area contributed by atoms with E-state index < -0.39 is 5.79 Å². The highest BCUT2D eigenvalue weighted by Gasteiger charge is 2.39. The van der Waals surface area contributed by atoms with E-state index in [1.54, 1.807) is 7.11 Å². The lowest BCUT2D eigenvalue weighted by atomic mass is 9.98. The van der Waals surface area contributed by atoms with Gasteiger partial charge in [0.25, 0.3) is 0 Å². The van der Waals surface area contributed by atoms with E-state index in [1.165, 1.54) is 12.8 Å². The number of rotatable bonds is 6. The molecule has 1 aromatic rings. The van der Waals surface area contributed by atoms with Crippen LogP contribution in [-0.2, 0) is 20.0 Å². The summed E-state index contributed by atoms with van der Waals surface area (Å²) in [7, 11) is 1.69. The maximum Gasteiger partial charge on any atom is 0.197 e. The Bertz CT molecular complexity index is 366.